The molecule has 0 aliphatic carbocycles. The molecule has 0 saturated heterocycles. The molecule has 0 aliphatic rings. The number of nitrogens with zero attached hydrogens (tertiary/aromatic N) is 1. The number of benzene rings is 1. The van der Waals surface area contributed by atoms with Crippen molar-refractivity contribution in [2.75, 3.05) is 0 Å². The first kappa shape index (κ1) is 11.0. The van der Waals surface area contributed by atoms with Crippen molar-refractivity contribution in [2.24, 2.45) is 0 Å². The van der Waals surface area contributed by atoms with Crippen LogP contribution in [0, 0.1) is 11.3 Å². The third-order valence-corrected chi connectivity index (χ3v) is 2.65. The Balaban J connectivity index is 2.77. The van der Waals surface area contributed by atoms with Crippen LogP contribution in [0.5, 0.6) is 0 Å². The van der Waals surface area contributed by atoms with Gasteiger partial charge in [-0.05, 0) is 24.3 Å². The maximum Gasteiger partial charge on any atom is 0.241 e. The summed E-state index contributed by atoms with van der Waals surface area (Å²) in [7, 11) is 0. The first-order chi connectivity index (χ1) is 6.01. The van der Waals surface area contributed by atoms with Crippen molar-refractivity contribution in [1.82, 2.24) is 0 Å². The van der Waals surface area contributed by atoms with Gasteiger partial charge in [-0.3, -0.25) is 0 Å². The van der Waals surface area contributed by atoms with Crippen molar-refractivity contribution in [2.45, 2.75) is 8.02 Å². The number of hydrogen-bond acceptors (Lipinski definition) is 2. The highest BCUT2D eigenvalue weighted by atomic mass is 35.6. The Kier molecular flexibility index (Phi) is 3.75. The molecule has 0 saturated carbocycles. The average Bonchev–Trinajstić information content (AvgIpc) is 2.03. The largest absolute Gasteiger partial charge is 0.241 e. The molecule has 0 bridgehead atoms. The van der Waals surface area contributed by atoms with Crippen LogP contribution in [0.3, 0.4) is 0 Å². The number of rotatable bonds is 1. The molecule has 1 rings (SSSR count). The highest BCUT2D eigenvalue weighted by Crippen LogP contribution is 2.43. The number of halogens is 3. The van der Waals surface area contributed by atoms with Crippen molar-refractivity contribution >= 4 is 46.6 Å². The average molecular weight is 253 g/mol. The molecule has 1 nitrogen and oxygen atoms in total. The molecular formula is C8H4Cl3NS. The van der Waals surface area contributed by atoms with Crippen LogP contribution in [0.2, 0.25) is 0 Å². The second-order valence-corrected chi connectivity index (χ2v) is 6.43. The van der Waals surface area contributed by atoms with Crippen molar-refractivity contribution in [1.29, 1.82) is 5.26 Å². The quantitative estimate of drug-likeness (QED) is 0.558. The van der Waals surface area contributed by atoms with Gasteiger partial charge in [-0.1, -0.05) is 46.6 Å². The molecule has 0 fully saturated rings. The third-order valence-electron chi connectivity index (χ3n) is 1.22. The molecule has 0 N–H and O–H groups in total. The van der Waals surface area contributed by atoms with Gasteiger partial charge in [0.25, 0.3) is 0 Å². The fourth-order valence-electron chi connectivity index (χ4n) is 0.731. The zero-order chi connectivity index (χ0) is 9.90. The lowest BCUT2D eigenvalue weighted by molar-refractivity contribution is 1.41. The lowest BCUT2D eigenvalue weighted by Crippen LogP contribution is -1.92. The highest BCUT2D eigenvalue weighted by Gasteiger charge is 2.20. The molecule has 1 aromatic rings. The second kappa shape index (κ2) is 4.43. The summed E-state index contributed by atoms with van der Waals surface area (Å²) in [5, 5.41) is 8.53. The van der Waals surface area contributed by atoms with Gasteiger partial charge < -0.3 is 0 Å². The Hall–Kier alpha value is -0.0700. The van der Waals surface area contributed by atoms with Crippen LogP contribution in [0.4, 0.5) is 0 Å². The van der Waals surface area contributed by atoms with Gasteiger partial charge in [-0.2, -0.15) is 5.26 Å². The van der Waals surface area contributed by atoms with Crippen molar-refractivity contribution < 1.29 is 0 Å². The topological polar surface area (TPSA) is 23.8 Å². The van der Waals surface area contributed by atoms with E-state index in [2.05, 4.69) is 0 Å². The molecule has 0 heterocycles. The van der Waals surface area contributed by atoms with E-state index in [-0.39, 0.29) is 0 Å². The molecule has 0 atom stereocenters. The van der Waals surface area contributed by atoms with E-state index in [1.165, 1.54) is 0 Å². The Morgan fingerprint density at radius 3 is 2.08 bits per heavy atom. The van der Waals surface area contributed by atoms with Gasteiger partial charge in [0.05, 0.1) is 11.6 Å². The molecular weight excluding hydrogens is 249 g/mol. The van der Waals surface area contributed by atoms with Crippen molar-refractivity contribution in [3.05, 3.63) is 29.8 Å². The summed E-state index contributed by atoms with van der Waals surface area (Å²) >= 11 is 17.8. The summed E-state index contributed by atoms with van der Waals surface area (Å²) in [5.41, 5.74) is 0.591. The maximum atomic E-state index is 8.53. The summed E-state index contributed by atoms with van der Waals surface area (Å²) in [6.45, 7) is 0. The van der Waals surface area contributed by atoms with E-state index in [1.807, 2.05) is 6.07 Å². The van der Waals surface area contributed by atoms with E-state index < -0.39 is 3.12 Å². The first-order valence-corrected chi connectivity index (χ1v) is 5.22. The minimum atomic E-state index is -1.35. The summed E-state index contributed by atoms with van der Waals surface area (Å²) in [4.78, 5) is 0.819. The van der Waals surface area contributed by atoms with Gasteiger partial charge in [-0.15, -0.1) is 0 Å². The van der Waals surface area contributed by atoms with E-state index in [0.29, 0.717) is 5.56 Å². The van der Waals surface area contributed by atoms with Gasteiger partial charge in [0.1, 0.15) is 0 Å². The molecule has 0 amide bonds. The Labute approximate surface area is 95.6 Å². The predicted octanol–water partition coefficient (Wildman–Crippen LogP) is 3.98. The van der Waals surface area contributed by atoms with E-state index in [0.717, 1.165) is 16.7 Å². The lowest BCUT2D eigenvalue weighted by atomic mass is 10.2. The van der Waals surface area contributed by atoms with E-state index in [9.17, 15) is 0 Å². The number of hydrogen-bond donors (Lipinski definition) is 0. The molecule has 1 aromatic carbocycles. The van der Waals surface area contributed by atoms with Crippen LogP contribution < -0.4 is 0 Å². The molecule has 5 heteroatoms. The van der Waals surface area contributed by atoms with E-state index in [1.54, 1.807) is 24.3 Å². The van der Waals surface area contributed by atoms with Gasteiger partial charge in [0, 0.05) is 4.90 Å². The molecule has 13 heavy (non-hydrogen) atoms. The van der Waals surface area contributed by atoms with Crippen LogP contribution >= 0.6 is 46.6 Å². The summed E-state index contributed by atoms with van der Waals surface area (Å²) in [5.74, 6) is 0. The highest BCUT2D eigenvalue weighted by molar-refractivity contribution is 8.04. The summed E-state index contributed by atoms with van der Waals surface area (Å²) < 4.78 is -1.35. The number of thioether (sulfide) groups is 1. The Morgan fingerprint density at radius 1 is 1.15 bits per heavy atom. The van der Waals surface area contributed by atoms with Crippen LogP contribution in [-0.4, -0.2) is 3.12 Å². The lowest BCUT2D eigenvalue weighted by Gasteiger charge is -2.09. The van der Waals surface area contributed by atoms with Crippen molar-refractivity contribution in [3.8, 4) is 6.07 Å². The van der Waals surface area contributed by atoms with Gasteiger partial charge in [0.15, 0.2) is 0 Å². The number of alkyl halides is 3. The minimum Gasteiger partial charge on any atom is -0.192 e. The SMILES string of the molecule is N#Cc1ccc(SC(Cl)(Cl)Cl)cc1. The zero-order valence-electron chi connectivity index (χ0n) is 6.30. The smallest absolute Gasteiger partial charge is 0.192 e. The molecule has 0 unspecified atom stereocenters. The molecule has 0 radical (unpaired) electrons. The van der Waals surface area contributed by atoms with Crippen LogP contribution in [0.1, 0.15) is 5.56 Å². The first-order valence-electron chi connectivity index (χ1n) is 3.27. The molecule has 0 aromatic heterocycles. The fraction of sp³-hybridized carbons (Fsp3) is 0.125. The predicted molar refractivity (Wildman–Crippen MR) is 57.3 cm³/mol. The Morgan fingerprint density at radius 2 is 1.69 bits per heavy atom. The summed E-state index contributed by atoms with van der Waals surface area (Å²) in [6.07, 6.45) is 0. The fourth-order valence-corrected chi connectivity index (χ4v) is 2.07. The maximum absolute atomic E-state index is 8.53. The van der Waals surface area contributed by atoms with Gasteiger partial charge >= 0.3 is 0 Å². The zero-order valence-corrected chi connectivity index (χ0v) is 9.38. The van der Waals surface area contributed by atoms with Crippen LogP contribution in [0.25, 0.3) is 0 Å². The second-order valence-electron chi connectivity index (χ2n) is 2.18. The molecule has 0 aliphatic heterocycles. The minimum absolute atomic E-state index is 0.591. The van der Waals surface area contributed by atoms with Gasteiger partial charge in [-0.25, -0.2) is 0 Å². The van der Waals surface area contributed by atoms with E-state index in [4.69, 9.17) is 40.1 Å². The third kappa shape index (κ3) is 4.10. The molecule has 0 spiro atoms. The van der Waals surface area contributed by atoms with Gasteiger partial charge in [0.2, 0.25) is 3.12 Å². The van der Waals surface area contributed by atoms with E-state index >= 15 is 0 Å². The summed E-state index contributed by atoms with van der Waals surface area (Å²) in [6, 6.07) is 8.85. The molecule has 68 valence electrons. The van der Waals surface area contributed by atoms with Crippen LogP contribution in [-0.2, 0) is 0 Å². The number of nitriles is 1. The van der Waals surface area contributed by atoms with Crippen LogP contribution in [0.15, 0.2) is 29.2 Å². The Bertz CT molecular complexity index is 323. The monoisotopic (exact) mass is 251 g/mol. The standard InChI is InChI=1S/C8H4Cl3NS/c9-8(10,11)13-7-3-1-6(5-12)2-4-7/h1-4H. The normalized spacial score (nSPS) is 10.9. The van der Waals surface area contributed by atoms with Crippen molar-refractivity contribution in [3.63, 3.8) is 0 Å².